The van der Waals surface area contributed by atoms with Gasteiger partial charge in [0.2, 0.25) is 5.91 Å². The van der Waals surface area contributed by atoms with Crippen LogP contribution in [0.15, 0.2) is 0 Å². The summed E-state index contributed by atoms with van der Waals surface area (Å²) in [6.45, 7) is 6.48. The van der Waals surface area contributed by atoms with E-state index in [1.54, 1.807) is 0 Å². The van der Waals surface area contributed by atoms with E-state index in [1.165, 1.54) is 32.1 Å². The minimum atomic E-state index is 0.200. The molecule has 3 nitrogen and oxygen atoms in total. The van der Waals surface area contributed by atoms with Gasteiger partial charge in [-0.1, -0.05) is 26.7 Å². The molecule has 0 aromatic rings. The van der Waals surface area contributed by atoms with Gasteiger partial charge in [-0.2, -0.15) is 0 Å². The van der Waals surface area contributed by atoms with Crippen molar-refractivity contribution in [1.82, 2.24) is 10.2 Å². The molecule has 0 bridgehead atoms. The highest BCUT2D eigenvalue weighted by molar-refractivity contribution is 5.79. The fourth-order valence-electron chi connectivity index (χ4n) is 3.55. The maximum Gasteiger partial charge on any atom is 0.226 e. The molecule has 0 aromatic heterocycles. The zero-order chi connectivity index (χ0) is 13.2. The van der Waals surface area contributed by atoms with Gasteiger partial charge in [-0.3, -0.25) is 4.79 Å². The molecular formula is C15H28N2O. The highest BCUT2D eigenvalue weighted by atomic mass is 16.2. The zero-order valence-corrected chi connectivity index (χ0v) is 12.2. The smallest absolute Gasteiger partial charge is 0.226 e. The maximum atomic E-state index is 12.5. The first-order valence-corrected chi connectivity index (χ1v) is 7.49. The van der Waals surface area contributed by atoms with Crippen molar-refractivity contribution in [3.8, 4) is 0 Å². The standard InChI is InChI=1S/C15H28N2O/c1-15(2)9-6-8-13(15)14(18)17(3)11-12-7-4-5-10-16-12/h12-13,16H,4-11H2,1-3H3. The Morgan fingerprint density at radius 2 is 2.06 bits per heavy atom. The Hall–Kier alpha value is -0.570. The molecule has 18 heavy (non-hydrogen) atoms. The molecule has 2 fully saturated rings. The molecule has 104 valence electrons. The van der Waals surface area contributed by atoms with E-state index < -0.39 is 0 Å². The number of piperidine rings is 1. The van der Waals surface area contributed by atoms with Crippen molar-refractivity contribution in [2.45, 2.75) is 58.4 Å². The van der Waals surface area contributed by atoms with E-state index in [4.69, 9.17) is 0 Å². The molecule has 1 saturated carbocycles. The molecule has 1 aliphatic carbocycles. The average Bonchev–Trinajstić information content (AvgIpc) is 2.69. The quantitative estimate of drug-likeness (QED) is 0.836. The molecule has 1 saturated heterocycles. The maximum absolute atomic E-state index is 12.5. The molecule has 2 aliphatic rings. The molecule has 1 heterocycles. The number of amides is 1. The van der Waals surface area contributed by atoms with Crippen molar-refractivity contribution in [2.75, 3.05) is 20.1 Å². The molecule has 1 aliphatic heterocycles. The normalized spacial score (nSPS) is 31.3. The number of nitrogens with one attached hydrogen (secondary N) is 1. The van der Waals surface area contributed by atoms with Crippen molar-refractivity contribution in [3.05, 3.63) is 0 Å². The Morgan fingerprint density at radius 3 is 2.61 bits per heavy atom. The second kappa shape index (κ2) is 5.60. The summed E-state index contributed by atoms with van der Waals surface area (Å²) in [7, 11) is 1.98. The summed E-state index contributed by atoms with van der Waals surface area (Å²) < 4.78 is 0. The van der Waals surface area contributed by atoms with E-state index in [0.29, 0.717) is 11.9 Å². The first-order valence-electron chi connectivity index (χ1n) is 7.49. The SMILES string of the molecule is CN(CC1CCCCN1)C(=O)C1CCCC1(C)C. The number of carbonyl (C=O) groups excluding carboxylic acids is 1. The fourth-order valence-corrected chi connectivity index (χ4v) is 3.55. The summed E-state index contributed by atoms with van der Waals surface area (Å²) in [6, 6.07) is 0.511. The van der Waals surface area contributed by atoms with Crippen molar-refractivity contribution in [2.24, 2.45) is 11.3 Å². The summed E-state index contributed by atoms with van der Waals surface area (Å²) in [5.41, 5.74) is 0.200. The van der Waals surface area contributed by atoms with Gasteiger partial charge in [0.25, 0.3) is 0 Å². The average molecular weight is 252 g/mol. The molecule has 3 heteroatoms. The van der Waals surface area contributed by atoms with Crippen LogP contribution >= 0.6 is 0 Å². The van der Waals surface area contributed by atoms with Gasteiger partial charge in [-0.25, -0.2) is 0 Å². The third-order valence-corrected chi connectivity index (χ3v) is 4.84. The summed E-state index contributed by atoms with van der Waals surface area (Å²) in [6.07, 6.45) is 7.27. The van der Waals surface area contributed by atoms with Gasteiger partial charge >= 0.3 is 0 Å². The monoisotopic (exact) mass is 252 g/mol. The summed E-state index contributed by atoms with van der Waals surface area (Å²) >= 11 is 0. The number of hydrogen-bond donors (Lipinski definition) is 1. The van der Waals surface area contributed by atoms with Crippen LogP contribution in [-0.2, 0) is 4.79 Å². The molecule has 1 N–H and O–H groups in total. The van der Waals surface area contributed by atoms with Crippen LogP contribution < -0.4 is 5.32 Å². The van der Waals surface area contributed by atoms with Crippen LogP contribution in [0.4, 0.5) is 0 Å². The minimum absolute atomic E-state index is 0.200. The lowest BCUT2D eigenvalue weighted by atomic mass is 9.81. The Balaban J connectivity index is 1.88. The number of likely N-dealkylation sites (N-methyl/N-ethyl adjacent to an activating group) is 1. The number of hydrogen-bond acceptors (Lipinski definition) is 2. The van der Waals surface area contributed by atoms with Crippen molar-refractivity contribution < 1.29 is 4.79 Å². The van der Waals surface area contributed by atoms with Crippen LogP contribution in [0, 0.1) is 11.3 Å². The molecule has 0 radical (unpaired) electrons. The molecule has 2 rings (SSSR count). The topological polar surface area (TPSA) is 32.3 Å². The van der Waals surface area contributed by atoms with Crippen molar-refractivity contribution >= 4 is 5.91 Å². The highest BCUT2D eigenvalue weighted by Gasteiger charge is 2.40. The first kappa shape index (κ1) is 13.9. The van der Waals surface area contributed by atoms with E-state index in [0.717, 1.165) is 19.5 Å². The van der Waals surface area contributed by atoms with Crippen molar-refractivity contribution in [1.29, 1.82) is 0 Å². The van der Waals surface area contributed by atoms with E-state index in [-0.39, 0.29) is 11.3 Å². The van der Waals surface area contributed by atoms with Gasteiger partial charge in [0.15, 0.2) is 0 Å². The summed E-state index contributed by atoms with van der Waals surface area (Å²) in [5.74, 6) is 0.607. The van der Waals surface area contributed by atoms with Gasteiger partial charge in [-0.05, 0) is 37.6 Å². The molecule has 2 unspecified atom stereocenters. The van der Waals surface area contributed by atoms with E-state index in [2.05, 4.69) is 19.2 Å². The minimum Gasteiger partial charge on any atom is -0.344 e. The van der Waals surface area contributed by atoms with E-state index in [9.17, 15) is 4.79 Å². The summed E-state index contributed by atoms with van der Waals surface area (Å²) in [5, 5.41) is 3.52. The van der Waals surface area contributed by atoms with Gasteiger partial charge in [-0.15, -0.1) is 0 Å². The predicted octanol–water partition coefficient (Wildman–Crippen LogP) is 2.41. The second-order valence-corrected chi connectivity index (χ2v) is 6.80. The van der Waals surface area contributed by atoms with Crippen molar-refractivity contribution in [3.63, 3.8) is 0 Å². The first-order chi connectivity index (χ1) is 8.50. The van der Waals surface area contributed by atoms with Crippen LogP contribution in [-0.4, -0.2) is 37.0 Å². The third kappa shape index (κ3) is 3.05. The summed E-state index contributed by atoms with van der Waals surface area (Å²) in [4.78, 5) is 14.5. The number of rotatable bonds is 3. The van der Waals surface area contributed by atoms with Gasteiger partial charge in [0.05, 0.1) is 0 Å². The van der Waals surface area contributed by atoms with Gasteiger partial charge < -0.3 is 10.2 Å². The lowest BCUT2D eigenvalue weighted by Gasteiger charge is -2.33. The zero-order valence-electron chi connectivity index (χ0n) is 12.2. The molecular weight excluding hydrogens is 224 g/mol. The Kier molecular flexibility index (Phi) is 4.31. The Labute approximate surface area is 111 Å². The third-order valence-electron chi connectivity index (χ3n) is 4.84. The molecule has 0 spiro atoms. The fraction of sp³-hybridized carbons (Fsp3) is 0.933. The lowest BCUT2D eigenvalue weighted by molar-refractivity contribution is -0.137. The van der Waals surface area contributed by atoms with E-state index >= 15 is 0 Å². The highest BCUT2D eigenvalue weighted by Crippen LogP contribution is 2.43. The van der Waals surface area contributed by atoms with Gasteiger partial charge in [0.1, 0.15) is 0 Å². The van der Waals surface area contributed by atoms with Crippen LogP contribution in [0.1, 0.15) is 52.4 Å². The Morgan fingerprint density at radius 1 is 1.28 bits per heavy atom. The number of nitrogens with zero attached hydrogens (tertiary/aromatic N) is 1. The predicted molar refractivity (Wildman–Crippen MR) is 74.4 cm³/mol. The second-order valence-electron chi connectivity index (χ2n) is 6.80. The van der Waals surface area contributed by atoms with Crippen LogP contribution in [0.2, 0.25) is 0 Å². The van der Waals surface area contributed by atoms with Crippen LogP contribution in [0.5, 0.6) is 0 Å². The largest absolute Gasteiger partial charge is 0.344 e. The lowest BCUT2D eigenvalue weighted by Crippen LogP contribution is -2.46. The van der Waals surface area contributed by atoms with E-state index in [1.807, 2.05) is 11.9 Å². The van der Waals surface area contributed by atoms with Crippen LogP contribution in [0.25, 0.3) is 0 Å². The Bertz CT molecular complexity index is 295. The van der Waals surface area contributed by atoms with Gasteiger partial charge in [0, 0.05) is 25.6 Å². The number of carbonyl (C=O) groups is 1. The molecule has 1 amide bonds. The van der Waals surface area contributed by atoms with Crippen LogP contribution in [0.3, 0.4) is 0 Å². The molecule has 2 atom stereocenters. The molecule has 0 aromatic carbocycles.